The lowest BCUT2D eigenvalue weighted by molar-refractivity contribution is -0.191. The Morgan fingerprint density at radius 2 is 1.89 bits per heavy atom. The Hall–Kier alpha value is -3.11. The molecule has 1 heterocycles. The van der Waals surface area contributed by atoms with Crippen LogP contribution >= 0.6 is 0 Å². The quantitative estimate of drug-likeness (QED) is 0.222. The summed E-state index contributed by atoms with van der Waals surface area (Å²) < 4.78 is 7.54. The molecule has 0 spiro atoms. The number of imidazole rings is 1. The highest BCUT2D eigenvalue weighted by Gasteiger charge is 2.22. The molecule has 198 valence electrons. The van der Waals surface area contributed by atoms with Gasteiger partial charge in [-0.2, -0.15) is 14.9 Å². The second-order valence-electron chi connectivity index (χ2n) is 11.7. The molecule has 1 aromatic heterocycles. The molecule has 0 radical (unpaired) electrons. The van der Waals surface area contributed by atoms with Crippen LogP contribution < -0.4 is 0 Å². The zero-order valence-corrected chi connectivity index (χ0v) is 24.0. The van der Waals surface area contributed by atoms with Gasteiger partial charge in [-0.15, -0.1) is 0 Å². The van der Waals surface area contributed by atoms with Gasteiger partial charge in [-0.3, -0.25) is 4.79 Å². The lowest BCUT2D eigenvalue weighted by atomic mass is 9.81. The lowest BCUT2D eigenvalue weighted by Gasteiger charge is -2.23. The van der Waals surface area contributed by atoms with Crippen LogP contribution in [0.1, 0.15) is 79.5 Å². The van der Waals surface area contributed by atoms with Crippen LogP contribution in [0.2, 0.25) is 25.7 Å². The Balaban J connectivity index is 0.00000153. The second kappa shape index (κ2) is 13.4. The molecule has 2 aromatic rings. The molecule has 0 N–H and O–H groups in total. The van der Waals surface area contributed by atoms with Crippen LogP contribution in [0.5, 0.6) is 0 Å². The molecule has 0 fully saturated rings. The van der Waals surface area contributed by atoms with E-state index in [0.29, 0.717) is 12.4 Å². The summed E-state index contributed by atoms with van der Waals surface area (Å²) in [7, 11) is -1.20. The summed E-state index contributed by atoms with van der Waals surface area (Å²) in [6, 6.07) is 9.63. The van der Waals surface area contributed by atoms with E-state index in [-0.39, 0.29) is 36.2 Å². The van der Waals surface area contributed by atoms with Crippen LogP contribution in [0.3, 0.4) is 0 Å². The largest absolute Gasteiger partial charge is 0.373 e. The smallest absolute Gasteiger partial charge is 0.361 e. The van der Waals surface area contributed by atoms with Crippen LogP contribution in [0.15, 0.2) is 30.5 Å². The molecule has 1 aromatic carbocycles. The molecule has 0 saturated heterocycles. The number of aromatic nitrogens is 2. The fraction of sp³-hybridized carbons (Fsp3) is 0.517. The number of nitriles is 1. The maximum Gasteiger partial charge on any atom is 0.373 e. The van der Waals surface area contributed by atoms with Gasteiger partial charge in [-0.05, 0) is 59.4 Å². The number of ether oxygens (including phenoxy) is 1. The summed E-state index contributed by atoms with van der Waals surface area (Å²) in [5, 5.41) is 9.37. The van der Waals surface area contributed by atoms with Gasteiger partial charge in [0.05, 0.1) is 0 Å². The predicted molar refractivity (Wildman–Crippen MR) is 146 cm³/mol. The van der Waals surface area contributed by atoms with Crippen LogP contribution in [-0.4, -0.2) is 36.2 Å². The van der Waals surface area contributed by atoms with Gasteiger partial charge in [0, 0.05) is 27.3 Å². The Labute approximate surface area is 221 Å². The molecule has 37 heavy (non-hydrogen) atoms. The first-order chi connectivity index (χ1) is 17.4. The molecule has 0 aliphatic heterocycles. The standard InChI is InChI=1S/C28H39N3O2Si.CO2/c1-28(2,3)23-13-12-22(25(17-23)21-10-8-7-9-11-21)16-26(32)27-30-24(18-29)19-31(27)20-33-14-15-34(4,5)6;2-1-3/h10,12-13,17,19H,7-9,11,14-16,20H2,1-6H3;. The normalized spacial score (nSPS) is 13.6. The number of ketones is 1. The van der Waals surface area contributed by atoms with Crippen molar-refractivity contribution in [2.75, 3.05) is 6.61 Å². The summed E-state index contributed by atoms with van der Waals surface area (Å²) in [5.41, 5.74) is 5.11. The topological polar surface area (TPSA) is 102 Å². The third-order valence-electron chi connectivity index (χ3n) is 6.33. The number of benzene rings is 1. The predicted octanol–water partition coefficient (Wildman–Crippen LogP) is 6.16. The monoisotopic (exact) mass is 521 g/mol. The van der Waals surface area contributed by atoms with Crippen molar-refractivity contribution in [2.24, 2.45) is 0 Å². The molecule has 0 amide bonds. The van der Waals surface area contributed by atoms with Crippen LogP contribution in [0.25, 0.3) is 5.57 Å². The van der Waals surface area contributed by atoms with Gasteiger partial charge in [0.25, 0.3) is 0 Å². The van der Waals surface area contributed by atoms with Gasteiger partial charge in [0.2, 0.25) is 5.78 Å². The van der Waals surface area contributed by atoms with E-state index in [4.69, 9.17) is 14.3 Å². The first kappa shape index (κ1) is 30.1. The second-order valence-corrected chi connectivity index (χ2v) is 17.3. The van der Waals surface area contributed by atoms with E-state index in [1.807, 2.05) is 0 Å². The molecule has 7 nitrogen and oxygen atoms in total. The molecule has 1 aliphatic rings. The van der Waals surface area contributed by atoms with Crippen molar-refractivity contribution in [1.82, 2.24) is 9.55 Å². The minimum atomic E-state index is -1.20. The summed E-state index contributed by atoms with van der Waals surface area (Å²) in [5.74, 6) is 0.212. The third kappa shape index (κ3) is 9.36. The maximum absolute atomic E-state index is 13.4. The highest BCUT2D eigenvalue weighted by Crippen LogP contribution is 2.33. The molecule has 3 rings (SSSR count). The van der Waals surface area contributed by atoms with Gasteiger partial charge in [-0.25, -0.2) is 4.98 Å². The Morgan fingerprint density at radius 1 is 1.19 bits per heavy atom. The molecule has 8 heteroatoms. The lowest BCUT2D eigenvalue weighted by Crippen LogP contribution is -2.22. The number of nitrogens with zero attached hydrogens (tertiary/aromatic N) is 3. The van der Waals surface area contributed by atoms with E-state index >= 15 is 0 Å². The third-order valence-corrected chi connectivity index (χ3v) is 8.04. The number of carbonyl (C=O) groups is 1. The molecule has 0 bridgehead atoms. The maximum atomic E-state index is 13.4. The van der Waals surface area contributed by atoms with Gasteiger partial charge >= 0.3 is 6.15 Å². The number of Topliss-reactive ketones (excluding diaryl/α,β-unsaturated/α-hetero) is 1. The van der Waals surface area contributed by atoms with E-state index < -0.39 is 8.07 Å². The molecule has 1 aliphatic carbocycles. The van der Waals surface area contributed by atoms with E-state index in [1.165, 1.54) is 29.5 Å². The minimum absolute atomic E-state index is 0.0394. The van der Waals surface area contributed by atoms with Gasteiger partial charge in [-0.1, -0.05) is 64.7 Å². The first-order valence-corrected chi connectivity index (χ1v) is 16.5. The summed E-state index contributed by atoms with van der Waals surface area (Å²) in [6.45, 7) is 14.5. The van der Waals surface area contributed by atoms with Crippen molar-refractivity contribution < 1.29 is 19.1 Å². The van der Waals surface area contributed by atoms with Crippen LogP contribution in [0.4, 0.5) is 0 Å². The fourth-order valence-corrected chi connectivity index (χ4v) is 4.92. The molecule has 0 atom stereocenters. The summed E-state index contributed by atoms with van der Waals surface area (Å²) in [6.07, 6.45) is 9.01. The van der Waals surface area contributed by atoms with E-state index in [2.05, 4.69) is 75.7 Å². The Bertz CT molecular complexity index is 1190. The molecule has 0 saturated carbocycles. The number of hydrogen-bond donors (Lipinski definition) is 0. The SMILES string of the molecule is CC(C)(C)c1ccc(CC(=O)c2nc(C#N)cn2COCC[Si](C)(C)C)c(C2=CCCCC2)c1.O=C=O. The summed E-state index contributed by atoms with van der Waals surface area (Å²) in [4.78, 5) is 34.0. The highest BCUT2D eigenvalue weighted by atomic mass is 28.3. The van der Waals surface area contributed by atoms with Crippen molar-refractivity contribution in [3.63, 3.8) is 0 Å². The molecular weight excluding hydrogens is 482 g/mol. The van der Waals surface area contributed by atoms with Gasteiger partial charge in [0.1, 0.15) is 12.8 Å². The number of carbonyl (C=O) groups excluding carboxylic acids is 3. The zero-order chi connectivity index (χ0) is 27.6. The minimum Gasteiger partial charge on any atom is -0.361 e. The van der Waals surface area contributed by atoms with Crippen molar-refractivity contribution in [3.8, 4) is 6.07 Å². The Kier molecular flexibility index (Phi) is 10.9. The number of hydrogen-bond acceptors (Lipinski definition) is 6. The fourth-order valence-electron chi connectivity index (χ4n) is 4.16. The highest BCUT2D eigenvalue weighted by molar-refractivity contribution is 6.76. The van der Waals surface area contributed by atoms with Gasteiger partial charge < -0.3 is 9.30 Å². The van der Waals surface area contributed by atoms with Gasteiger partial charge in [0.15, 0.2) is 11.5 Å². The van der Waals surface area contributed by atoms with E-state index in [0.717, 1.165) is 24.4 Å². The van der Waals surface area contributed by atoms with Crippen molar-refractivity contribution in [1.29, 1.82) is 5.26 Å². The number of allylic oxidation sites excluding steroid dienone is 2. The van der Waals surface area contributed by atoms with Crippen molar-refractivity contribution in [3.05, 3.63) is 58.7 Å². The summed E-state index contributed by atoms with van der Waals surface area (Å²) >= 11 is 0. The Morgan fingerprint density at radius 3 is 2.46 bits per heavy atom. The van der Waals surface area contributed by atoms with Crippen LogP contribution in [0, 0.1) is 11.3 Å². The van der Waals surface area contributed by atoms with E-state index in [9.17, 15) is 10.1 Å². The zero-order valence-electron chi connectivity index (χ0n) is 23.0. The first-order valence-electron chi connectivity index (χ1n) is 12.8. The van der Waals surface area contributed by atoms with Crippen molar-refractivity contribution in [2.45, 2.75) is 90.7 Å². The average Bonchev–Trinajstić information content (AvgIpc) is 3.25. The average molecular weight is 522 g/mol. The van der Waals surface area contributed by atoms with Crippen LogP contribution in [-0.2, 0) is 32.9 Å². The molecular formula is C29H39N3O4Si. The van der Waals surface area contributed by atoms with E-state index in [1.54, 1.807) is 10.8 Å². The number of rotatable bonds is 9. The van der Waals surface area contributed by atoms with Crippen molar-refractivity contribution >= 4 is 25.6 Å². The molecule has 0 unspecified atom stereocenters.